The number of rotatable bonds is 2. The average Bonchev–Trinajstić information content (AvgIpc) is 2.62. The summed E-state index contributed by atoms with van der Waals surface area (Å²) in [6.07, 6.45) is 0. The summed E-state index contributed by atoms with van der Waals surface area (Å²) in [5.74, 6) is 0.885. The van der Waals surface area contributed by atoms with E-state index in [2.05, 4.69) is 5.32 Å². The molecule has 1 aliphatic rings. The van der Waals surface area contributed by atoms with Crippen LogP contribution in [0.2, 0.25) is 0 Å². The topological polar surface area (TPSA) is 47.6 Å². The van der Waals surface area contributed by atoms with Crippen molar-refractivity contribution in [3.05, 3.63) is 30.7 Å². The molecule has 1 heterocycles. The van der Waals surface area contributed by atoms with E-state index in [-0.39, 0.29) is 12.8 Å². The average molecular weight is 205 g/mol. The number of fused-ring (bicyclic) bond motifs is 1. The van der Waals surface area contributed by atoms with Crippen molar-refractivity contribution in [1.82, 2.24) is 5.32 Å². The summed E-state index contributed by atoms with van der Waals surface area (Å²) in [5, 5.41) is 2.59. The van der Waals surface area contributed by atoms with Crippen LogP contribution in [-0.2, 0) is 4.79 Å². The zero-order valence-corrected chi connectivity index (χ0v) is 8.32. The van der Waals surface area contributed by atoms with Gasteiger partial charge in [0.15, 0.2) is 11.5 Å². The molecule has 2 rings (SSSR count). The van der Waals surface area contributed by atoms with Crippen molar-refractivity contribution in [1.29, 1.82) is 0 Å². The Morgan fingerprint density at radius 3 is 2.93 bits per heavy atom. The van der Waals surface area contributed by atoms with Crippen LogP contribution in [0, 0.1) is 6.92 Å². The van der Waals surface area contributed by atoms with Gasteiger partial charge in [0, 0.05) is 0 Å². The molecule has 1 atom stereocenters. The minimum Gasteiger partial charge on any atom is -0.454 e. The Morgan fingerprint density at radius 1 is 1.47 bits per heavy atom. The van der Waals surface area contributed by atoms with E-state index in [0.717, 1.165) is 11.3 Å². The number of hydrogen-bond acceptors (Lipinski definition) is 3. The fourth-order valence-electron chi connectivity index (χ4n) is 1.48. The van der Waals surface area contributed by atoms with Gasteiger partial charge in [-0.1, -0.05) is 6.07 Å². The summed E-state index contributed by atoms with van der Waals surface area (Å²) < 4.78 is 10.4. The molecule has 0 aromatic heterocycles. The maximum atomic E-state index is 10.7. The normalized spacial score (nSPS) is 14.8. The molecular weight excluding hydrogens is 194 g/mol. The molecule has 0 spiro atoms. The highest BCUT2D eigenvalue weighted by Gasteiger charge is 2.15. The second-order valence-corrected chi connectivity index (χ2v) is 3.34. The van der Waals surface area contributed by atoms with Gasteiger partial charge in [0.2, 0.25) is 12.7 Å². The fourth-order valence-corrected chi connectivity index (χ4v) is 1.48. The number of nitrogens with one attached hydrogen (secondary N) is 1. The van der Waals surface area contributed by atoms with Crippen molar-refractivity contribution in [3.63, 3.8) is 0 Å². The molecule has 1 N–H and O–H groups in total. The Bertz CT molecular complexity index is 389. The lowest BCUT2D eigenvalue weighted by Crippen LogP contribution is -2.23. The zero-order valence-electron chi connectivity index (χ0n) is 8.32. The summed E-state index contributed by atoms with van der Waals surface area (Å²) in [5.41, 5.74) is 0.929. The fraction of sp³-hybridized carbons (Fsp3) is 0.273. The third-order valence-corrected chi connectivity index (χ3v) is 2.26. The van der Waals surface area contributed by atoms with Gasteiger partial charge in [0.1, 0.15) is 0 Å². The third kappa shape index (κ3) is 2.03. The lowest BCUT2D eigenvalue weighted by atomic mass is 10.1. The molecule has 1 aliphatic heterocycles. The molecule has 1 amide bonds. The minimum atomic E-state index is -0.542. The Kier molecular flexibility index (Phi) is 2.49. The smallest absolute Gasteiger partial charge is 0.231 e. The number of carbonyl (C=O) groups excluding carboxylic acids is 1. The van der Waals surface area contributed by atoms with Crippen LogP contribution in [-0.4, -0.2) is 12.7 Å². The summed E-state index contributed by atoms with van der Waals surface area (Å²) in [6.45, 7) is 7.13. The number of carbonyl (C=O) groups is 1. The second-order valence-electron chi connectivity index (χ2n) is 3.34. The molecule has 0 saturated carbocycles. The van der Waals surface area contributed by atoms with Gasteiger partial charge in [-0.15, -0.1) is 0 Å². The van der Waals surface area contributed by atoms with E-state index in [1.807, 2.05) is 25.1 Å². The number of ether oxygens (including phenoxy) is 2. The summed E-state index contributed by atoms with van der Waals surface area (Å²) >= 11 is 0. The second kappa shape index (κ2) is 3.81. The highest BCUT2D eigenvalue weighted by Crippen LogP contribution is 2.33. The van der Waals surface area contributed by atoms with Gasteiger partial charge in [0.25, 0.3) is 0 Å². The largest absolute Gasteiger partial charge is 0.454 e. The molecule has 0 aliphatic carbocycles. The van der Waals surface area contributed by atoms with Crippen LogP contribution < -0.4 is 14.8 Å². The monoisotopic (exact) mass is 205 g/mol. The van der Waals surface area contributed by atoms with E-state index in [1.54, 1.807) is 0 Å². The van der Waals surface area contributed by atoms with Crippen LogP contribution >= 0.6 is 0 Å². The van der Waals surface area contributed by atoms with Crippen molar-refractivity contribution in [3.8, 4) is 11.5 Å². The van der Waals surface area contributed by atoms with Gasteiger partial charge in [-0.25, -0.2) is 0 Å². The summed E-state index contributed by atoms with van der Waals surface area (Å²) in [7, 11) is 0. The first-order valence-electron chi connectivity index (χ1n) is 4.62. The zero-order chi connectivity index (χ0) is 10.8. The van der Waals surface area contributed by atoms with Crippen molar-refractivity contribution >= 4 is 5.91 Å². The molecule has 0 saturated heterocycles. The maximum Gasteiger partial charge on any atom is 0.231 e. The Hall–Kier alpha value is -1.71. The molecule has 1 unspecified atom stereocenters. The summed E-state index contributed by atoms with van der Waals surface area (Å²) in [4.78, 5) is 10.7. The van der Waals surface area contributed by atoms with E-state index in [9.17, 15) is 4.79 Å². The molecule has 0 fully saturated rings. The molecule has 15 heavy (non-hydrogen) atoms. The molecule has 1 aromatic rings. The van der Waals surface area contributed by atoms with Crippen molar-refractivity contribution in [2.45, 2.75) is 13.0 Å². The lowest BCUT2D eigenvalue weighted by molar-refractivity contribution is -0.117. The highest BCUT2D eigenvalue weighted by atomic mass is 16.7. The maximum absolute atomic E-state index is 10.7. The first kappa shape index (κ1) is 9.83. The van der Waals surface area contributed by atoms with Crippen LogP contribution in [0.15, 0.2) is 18.2 Å². The quantitative estimate of drug-likeness (QED) is 0.791. The minimum absolute atomic E-state index is 0.142. The Morgan fingerprint density at radius 2 is 2.20 bits per heavy atom. The van der Waals surface area contributed by atoms with Crippen molar-refractivity contribution in [2.75, 3.05) is 6.79 Å². The van der Waals surface area contributed by atoms with Gasteiger partial charge in [0.05, 0.1) is 13.0 Å². The molecular formula is C11H11NO3. The number of benzene rings is 1. The van der Waals surface area contributed by atoms with Crippen molar-refractivity contribution in [2.24, 2.45) is 0 Å². The van der Waals surface area contributed by atoms with Crippen LogP contribution in [0.5, 0.6) is 11.5 Å². The van der Waals surface area contributed by atoms with Gasteiger partial charge in [-0.05, 0) is 24.6 Å². The molecule has 78 valence electrons. The standard InChI is InChI=1S/C11H11NO3/c1-7(12-8(2)13)9-3-4-10-11(5-9)15-6-14-10/h2-5,7H,6H2,1H3,(H,12,13). The first-order chi connectivity index (χ1) is 7.16. The van der Waals surface area contributed by atoms with Gasteiger partial charge in [-0.3, -0.25) is 4.79 Å². The lowest BCUT2D eigenvalue weighted by Gasteiger charge is -2.12. The van der Waals surface area contributed by atoms with Crippen LogP contribution in [0.25, 0.3) is 0 Å². The number of amides is 1. The highest BCUT2D eigenvalue weighted by molar-refractivity contribution is 5.80. The van der Waals surface area contributed by atoms with E-state index in [0.29, 0.717) is 5.75 Å². The van der Waals surface area contributed by atoms with E-state index >= 15 is 0 Å². The Balaban J connectivity index is 2.19. The molecule has 4 heteroatoms. The van der Waals surface area contributed by atoms with E-state index < -0.39 is 5.91 Å². The number of hydrogen-bond donors (Lipinski definition) is 1. The third-order valence-electron chi connectivity index (χ3n) is 2.26. The van der Waals surface area contributed by atoms with E-state index in [1.165, 1.54) is 0 Å². The molecule has 4 nitrogen and oxygen atoms in total. The predicted octanol–water partition coefficient (Wildman–Crippen LogP) is 1.30. The molecule has 0 bridgehead atoms. The Labute approximate surface area is 88.2 Å². The van der Waals surface area contributed by atoms with Gasteiger partial charge >= 0.3 is 0 Å². The van der Waals surface area contributed by atoms with Crippen molar-refractivity contribution < 1.29 is 14.3 Å². The van der Waals surface area contributed by atoms with E-state index in [4.69, 9.17) is 16.4 Å². The summed E-state index contributed by atoms with van der Waals surface area (Å²) in [6, 6.07) is 5.38. The SMILES string of the molecule is [CH]C(=O)NC(C)c1ccc2c(c1)OCO2. The molecule has 2 radical (unpaired) electrons. The predicted molar refractivity (Wildman–Crippen MR) is 53.4 cm³/mol. The van der Waals surface area contributed by atoms with Gasteiger partial charge < -0.3 is 14.8 Å². The first-order valence-corrected chi connectivity index (χ1v) is 4.62. The van der Waals surface area contributed by atoms with Crippen LogP contribution in [0.4, 0.5) is 0 Å². The van der Waals surface area contributed by atoms with Crippen LogP contribution in [0.1, 0.15) is 18.5 Å². The van der Waals surface area contributed by atoms with Crippen LogP contribution in [0.3, 0.4) is 0 Å². The molecule has 1 aromatic carbocycles. The van der Waals surface area contributed by atoms with Gasteiger partial charge in [-0.2, -0.15) is 0 Å².